The van der Waals surface area contributed by atoms with Crippen LogP contribution in [0.2, 0.25) is 25.2 Å². The van der Waals surface area contributed by atoms with Crippen molar-refractivity contribution in [1.29, 1.82) is 0 Å². The second-order valence-corrected chi connectivity index (χ2v) is 14.3. The van der Waals surface area contributed by atoms with E-state index >= 15 is 0 Å². The van der Waals surface area contributed by atoms with Gasteiger partial charge in [0.2, 0.25) is 0 Å². The number of likely N-dealkylation sites (tertiary alicyclic amines) is 1. The Morgan fingerprint density at radius 2 is 1.80 bits per heavy atom. The first kappa shape index (κ1) is 18.7. The summed E-state index contributed by atoms with van der Waals surface area (Å²) in [6, 6.07) is 6.87. The lowest BCUT2D eigenvalue weighted by Crippen LogP contribution is -2.56. The maximum atomic E-state index is 10.6. The summed E-state index contributed by atoms with van der Waals surface area (Å²) in [6.07, 6.45) is 2.77. The molecule has 0 radical (unpaired) electrons. The summed E-state index contributed by atoms with van der Waals surface area (Å²) in [6.45, 7) is 8.45. The number of hydrogen-bond donors (Lipinski definition) is 1. The highest BCUT2D eigenvalue weighted by atomic mass is 28.3. The van der Waals surface area contributed by atoms with Crippen molar-refractivity contribution in [3.05, 3.63) is 23.8 Å². The van der Waals surface area contributed by atoms with Crippen LogP contribution >= 0.6 is 0 Å². The predicted octanol–water partition coefficient (Wildman–Crippen LogP) is 3.51. The van der Waals surface area contributed by atoms with Gasteiger partial charge in [-0.1, -0.05) is 25.7 Å². The molecule has 1 aliphatic heterocycles. The number of aliphatic hydroxyl groups excluding tert-OH is 1. The van der Waals surface area contributed by atoms with Crippen LogP contribution in [0.4, 0.5) is 0 Å². The minimum absolute atomic E-state index is 0.109. The number of aliphatic hydroxyl groups is 1. The fourth-order valence-electron chi connectivity index (χ4n) is 5.50. The number of hydrogen-bond acceptors (Lipinski definition) is 4. The van der Waals surface area contributed by atoms with Gasteiger partial charge in [-0.3, -0.25) is 0 Å². The largest absolute Gasteiger partial charge is 0.493 e. The maximum Gasteiger partial charge on any atom is 0.161 e. The third-order valence-corrected chi connectivity index (χ3v) is 9.44. The lowest BCUT2D eigenvalue weighted by molar-refractivity contribution is 0.0551. The minimum Gasteiger partial charge on any atom is -0.493 e. The van der Waals surface area contributed by atoms with Gasteiger partial charge in [0.1, 0.15) is 0 Å². The summed E-state index contributed by atoms with van der Waals surface area (Å²) in [4.78, 5) is 2.46. The van der Waals surface area contributed by atoms with Crippen molar-refractivity contribution in [2.24, 2.45) is 0 Å². The third-order valence-electron chi connectivity index (χ3n) is 6.60. The van der Waals surface area contributed by atoms with E-state index < -0.39 is 8.07 Å². The van der Waals surface area contributed by atoms with E-state index in [-0.39, 0.29) is 11.5 Å². The van der Waals surface area contributed by atoms with Crippen molar-refractivity contribution in [2.45, 2.75) is 62.0 Å². The predicted molar refractivity (Wildman–Crippen MR) is 105 cm³/mol. The Morgan fingerprint density at radius 3 is 2.40 bits per heavy atom. The van der Waals surface area contributed by atoms with Crippen molar-refractivity contribution in [2.75, 3.05) is 27.8 Å². The summed E-state index contributed by atoms with van der Waals surface area (Å²) in [7, 11) is 4.13. The first-order valence-electron chi connectivity index (χ1n) is 9.35. The van der Waals surface area contributed by atoms with E-state index in [2.05, 4.69) is 43.7 Å². The fraction of sp³-hybridized carbons (Fsp3) is 0.700. The number of benzene rings is 1. The molecule has 0 spiro atoms. The van der Waals surface area contributed by atoms with Crippen molar-refractivity contribution in [1.82, 2.24) is 4.90 Å². The second kappa shape index (κ2) is 6.60. The van der Waals surface area contributed by atoms with Crippen molar-refractivity contribution >= 4 is 8.07 Å². The number of methoxy groups -OCH3 is 2. The highest BCUT2D eigenvalue weighted by molar-refractivity contribution is 6.77. The molecule has 0 bridgehead atoms. The Kier molecular flexibility index (Phi) is 4.95. The van der Waals surface area contributed by atoms with Gasteiger partial charge in [0.15, 0.2) is 11.5 Å². The Morgan fingerprint density at radius 1 is 1.12 bits per heavy atom. The van der Waals surface area contributed by atoms with E-state index in [1.807, 2.05) is 6.07 Å². The highest BCUT2D eigenvalue weighted by Crippen LogP contribution is 2.58. The summed E-state index contributed by atoms with van der Waals surface area (Å²) < 4.78 is 11.1. The van der Waals surface area contributed by atoms with Crippen molar-refractivity contribution in [3.63, 3.8) is 0 Å². The minimum atomic E-state index is -1.48. The number of rotatable bonds is 4. The van der Waals surface area contributed by atoms with E-state index in [0.29, 0.717) is 11.6 Å². The quantitative estimate of drug-likeness (QED) is 0.831. The Bertz CT molecular complexity index is 630. The number of fused-ring (bicyclic) bond motifs is 1. The topological polar surface area (TPSA) is 41.9 Å². The number of ether oxygens (including phenoxy) is 2. The molecule has 2 fully saturated rings. The summed E-state index contributed by atoms with van der Waals surface area (Å²) in [5, 5.41) is 10.6. The lowest BCUT2D eigenvalue weighted by atomic mass is 9.65. The highest BCUT2D eigenvalue weighted by Gasteiger charge is 2.58. The fourth-order valence-corrected chi connectivity index (χ4v) is 8.53. The van der Waals surface area contributed by atoms with Gasteiger partial charge < -0.3 is 19.5 Å². The molecule has 1 saturated heterocycles. The van der Waals surface area contributed by atoms with Gasteiger partial charge in [0.25, 0.3) is 0 Å². The molecule has 5 heteroatoms. The molecule has 1 aromatic rings. The molecule has 25 heavy (non-hydrogen) atoms. The van der Waals surface area contributed by atoms with Gasteiger partial charge in [0.05, 0.1) is 20.3 Å². The van der Waals surface area contributed by atoms with Crippen LogP contribution in [0, 0.1) is 0 Å². The van der Waals surface area contributed by atoms with E-state index in [1.165, 1.54) is 5.56 Å². The molecular formula is C20H33NO3Si. The molecule has 3 rings (SSSR count). The van der Waals surface area contributed by atoms with Crippen LogP contribution < -0.4 is 9.47 Å². The molecule has 0 amide bonds. The van der Waals surface area contributed by atoms with Crippen molar-refractivity contribution in [3.8, 4) is 11.5 Å². The molecule has 140 valence electrons. The van der Waals surface area contributed by atoms with E-state index in [4.69, 9.17) is 9.47 Å². The average molecular weight is 364 g/mol. The lowest BCUT2D eigenvalue weighted by Gasteiger charge is -2.53. The molecule has 2 aliphatic rings. The molecule has 1 aliphatic carbocycles. The monoisotopic (exact) mass is 363 g/mol. The molecule has 1 saturated carbocycles. The van der Waals surface area contributed by atoms with E-state index in [9.17, 15) is 5.11 Å². The summed E-state index contributed by atoms with van der Waals surface area (Å²) in [5.74, 6) is 1.59. The van der Waals surface area contributed by atoms with Gasteiger partial charge >= 0.3 is 0 Å². The van der Waals surface area contributed by atoms with Crippen LogP contribution in [-0.4, -0.2) is 58.0 Å². The van der Waals surface area contributed by atoms with Gasteiger partial charge in [-0.15, -0.1) is 0 Å². The van der Waals surface area contributed by atoms with Crippen LogP contribution in [0.1, 0.15) is 24.8 Å². The van der Waals surface area contributed by atoms with Gasteiger partial charge in [-0.05, 0) is 56.1 Å². The number of likely N-dealkylation sites (N-methyl/N-ethyl adjacent to an activating group) is 1. The molecule has 0 unspecified atom stereocenters. The second-order valence-electron chi connectivity index (χ2n) is 8.90. The van der Waals surface area contributed by atoms with E-state index in [0.717, 1.165) is 37.3 Å². The van der Waals surface area contributed by atoms with Gasteiger partial charge in [-0.25, -0.2) is 0 Å². The van der Waals surface area contributed by atoms with Crippen LogP contribution in [0.25, 0.3) is 0 Å². The first-order chi connectivity index (χ1) is 11.7. The third kappa shape index (κ3) is 3.00. The van der Waals surface area contributed by atoms with Crippen LogP contribution in [0.5, 0.6) is 11.5 Å². The SMILES string of the molecule is COc1ccc([C@]23CCN(C)[C@H]2C[C@@H](O)C[C@H]3[Si](C)(C)C)cc1OC. The standard InChI is InChI=1S/C20H33NO3Si/c1-21-10-9-20(14-7-8-16(23-2)17(11-14)24-3)18(21)12-15(22)13-19(20)25(4,5)6/h7-8,11,15,18-19,22H,9-10,12-13H2,1-6H3/t15-,18+,19-,20-/m1/s1. The number of nitrogens with zero attached hydrogens (tertiary/aromatic N) is 1. The van der Waals surface area contributed by atoms with Crippen LogP contribution in [-0.2, 0) is 5.41 Å². The maximum absolute atomic E-state index is 10.6. The van der Waals surface area contributed by atoms with Crippen LogP contribution in [0.3, 0.4) is 0 Å². The zero-order chi connectivity index (χ0) is 18.4. The molecule has 4 atom stereocenters. The smallest absolute Gasteiger partial charge is 0.161 e. The first-order valence-corrected chi connectivity index (χ1v) is 12.9. The summed E-state index contributed by atoms with van der Waals surface area (Å²) >= 11 is 0. The zero-order valence-corrected chi connectivity index (χ0v) is 17.5. The molecular weight excluding hydrogens is 330 g/mol. The van der Waals surface area contributed by atoms with Gasteiger partial charge in [0, 0.05) is 19.5 Å². The Labute approximate surface area is 153 Å². The molecule has 1 heterocycles. The van der Waals surface area contributed by atoms with Gasteiger partial charge in [-0.2, -0.15) is 0 Å². The average Bonchev–Trinajstić information content (AvgIpc) is 2.90. The van der Waals surface area contributed by atoms with Crippen LogP contribution in [0.15, 0.2) is 18.2 Å². The Balaban J connectivity index is 2.16. The van der Waals surface area contributed by atoms with E-state index in [1.54, 1.807) is 14.2 Å². The molecule has 4 nitrogen and oxygen atoms in total. The Hall–Kier alpha value is -1.04. The normalized spacial score (nSPS) is 33.2. The molecule has 1 N–H and O–H groups in total. The molecule has 1 aromatic carbocycles. The van der Waals surface area contributed by atoms with Crippen molar-refractivity contribution < 1.29 is 14.6 Å². The summed E-state index contributed by atoms with van der Waals surface area (Å²) in [5.41, 5.74) is 2.02. The zero-order valence-electron chi connectivity index (χ0n) is 16.5. The molecule has 0 aromatic heterocycles.